The van der Waals surface area contributed by atoms with Crippen LogP contribution in [0.3, 0.4) is 0 Å². The fourth-order valence-corrected chi connectivity index (χ4v) is 4.36. The molecule has 0 radical (unpaired) electrons. The van der Waals surface area contributed by atoms with Crippen LogP contribution < -0.4 is 19.5 Å². The predicted octanol–water partition coefficient (Wildman–Crippen LogP) is 2.95. The Bertz CT molecular complexity index is 995. The first-order valence-electron chi connectivity index (χ1n) is 9.03. The predicted molar refractivity (Wildman–Crippen MR) is 102 cm³/mol. The van der Waals surface area contributed by atoms with E-state index in [1.165, 1.54) is 4.90 Å². The van der Waals surface area contributed by atoms with Crippen LogP contribution in [0.4, 0.5) is 4.79 Å². The third-order valence-electron chi connectivity index (χ3n) is 5.30. The molecule has 1 spiro atoms. The van der Waals surface area contributed by atoms with Gasteiger partial charge in [-0.1, -0.05) is 34.1 Å². The van der Waals surface area contributed by atoms with E-state index in [-0.39, 0.29) is 12.5 Å². The monoisotopic (exact) mass is 444 g/mol. The number of benzene rings is 2. The largest absolute Gasteiger partial charge is 0.493 e. The highest BCUT2D eigenvalue weighted by molar-refractivity contribution is 9.10. The van der Waals surface area contributed by atoms with Gasteiger partial charge in [0, 0.05) is 16.5 Å². The molecule has 8 heteroatoms. The summed E-state index contributed by atoms with van der Waals surface area (Å²) in [4.78, 5) is 27.4. The van der Waals surface area contributed by atoms with Gasteiger partial charge in [0.2, 0.25) is 0 Å². The normalized spacial score (nSPS) is 22.7. The lowest BCUT2D eigenvalue weighted by Crippen LogP contribution is -2.47. The summed E-state index contributed by atoms with van der Waals surface area (Å²) in [6, 6.07) is 10.5. The molecule has 0 aromatic heterocycles. The van der Waals surface area contributed by atoms with Gasteiger partial charge in [0.25, 0.3) is 5.91 Å². The van der Waals surface area contributed by atoms with E-state index in [1.54, 1.807) is 0 Å². The molecule has 1 fully saturated rings. The first-order chi connectivity index (χ1) is 13.6. The highest BCUT2D eigenvalue weighted by atomic mass is 79.9. The number of nitrogens with one attached hydrogen (secondary N) is 1. The maximum absolute atomic E-state index is 13.4. The van der Waals surface area contributed by atoms with Crippen LogP contribution in [0.5, 0.6) is 17.2 Å². The molecular formula is C20H17BrN2O5. The first-order valence-corrected chi connectivity index (χ1v) is 9.82. The third-order valence-corrected chi connectivity index (χ3v) is 6.04. The van der Waals surface area contributed by atoms with Gasteiger partial charge >= 0.3 is 6.03 Å². The average molecular weight is 445 g/mol. The van der Waals surface area contributed by atoms with Gasteiger partial charge < -0.3 is 19.5 Å². The summed E-state index contributed by atoms with van der Waals surface area (Å²) in [6.07, 6.45) is 0.396. The lowest BCUT2D eigenvalue weighted by molar-refractivity contribution is -0.133. The second kappa shape index (κ2) is 6.41. The Balaban J connectivity index is 1.49. The Morgan fingerprint density at radius 3 is 2.54 bits per heavy atom. The molecule has 7 nitrogen and oxygen atoms in total. The topological polar surface area (TPSA) is 77.1 Å². The third kappa shape index (κ3) is 2.55. The Labute approximate surface area is 169 Å². The van der Waals surface area contributed by atoms with Gasteiger partial charge in [-0.3, -0.25) is 9.69 Å². The minimum absolute atomic E-state index is 0.132. The van der Waals surface area contributed by atoms with Crippen LogP contribution in [0.25, 0.3) is 0 Å². The average Bonchev–Trinajstić information content (AvgIpc) is 2.93. The molecule has 1 saturated heterocycles. The van der Waals surface area contributed by atoms with E-state index in [0.29, 0.717) is 49.1 Å². The molecule has 0 aliphatic carbocycles. The Morgan fingerprint density at radius 2 is 1.71 bits per heavy atom. The Morgan fingerprint density at radius 1 is 1.00 bits per heavy atom. The van der Waals surface area contributed by atoms with Crippen LogP contribution in [0, 0.1) is 0 Å². The number of rotatable bonds is 2. The smallest absolute Gasteiger partial charge is 0.325 e. The first kappa shape index (κ1) is 17.4. The number of nitrogens with zero attached hydrogens (tertiary/aromatic N) is 1. The number of carbonyl (C=O) groups is 2. The number of urea groups is 1. The second-order valence-electron chi connectivity index (χ2n) is 6.91. The highest BCUT2D eigenvalue weighted by Gasteiger charge is 2.54. The molecule has 0 bridgehead atoms. The minimum atomic E-state index is -1.08. The molecule has 3 heterocycles. The van der Waals surface area contributed by atoms with Crippen LogP contribution in [0.1, 0.15) is 17.5 Å². The number of hydrogen-bond acceptors (Lipinski definition) is 5. The zero-order valence-corrected chi connectivity index (χ0v) is 16.5. The molecular weight excluding hydrogens is 428 g/mol. The number of para-hydroxylation sites is 1. The fraction of sp³-hybridized carbons (Fsp3) is 0.300. The van der Waals surface area contributed by atoms with Crippen LogP contribution in [0.15, 0.2) is 40.9 Å². The van der Waals surface area contributed by atoms with E-state index in [2.05, 4.69) is 21.2 Å². The quantitative estimate of drug-likeness (QED) is 0.720. The van der Waals surface area contributed by atoms with Gasteiger partial charge in [0.05, 0.1) is 13.2 Å². The molecule has 2 aromatic carbocycles. The zero-order chi connectivity index (χ0) is 19.3. The standard InChI is InChI=1S/C20H17BrN2O5/c21-14-10-17-16(27-7-8-28-17)9-12(14)11-23-18(24)20(22-19(23)25)5-6-26-15-4-2-1-3-13(15)20/h1-4,9-10H,5-8,11H2,(H,22,25)/t20-/m0/s1. The van der Waals surface area contributed by atoms with Crippen molar-refractivity contribution in [3.8, 4) is 17.2 Å². The molecule has 3 aliphatic rings. The van der Waals surface area contributed by atoms with Gasteiger partial charge in [0.1, 0.15) is 19.0 Å². The lowest BCUT2D eigenvalue weighted by Gasteiger charge is -2.33. The molecule has 2 aromatic rings. The van der Waals surface area contributed by atoms with E-state index < -0.39 is 11.6 Å². The van der Waals surface area contributed by atoms with Crippen molar-refractivity contribution in [2.75, 3.05) is 19.8 Å². The highest BCUT2D eigenvalue weighted by Crippen LogP contribution is 2.42. The number of halogens is 1. The second-order valence-corrected chi connectivity index (χ2v) is 7.76. The van der Waals surface area contributed by atoms with Crippen molar-refractivity contribution in [2.24, 2.45) is 0 Å². The van der Waals surface area contributed by atoms with E-state index in [9.17, 15) is 9.59 Å². The minimum Gasteiger partial charge on any atom is -0.493 e. The maximum atomic E-state index is 13.4. The van der Waals surface area contributed by atoms with Crippen molar-refractivity contribution in [1.82, 2.24) is 10.2 Å². The molecule has 3 amide bonds. The summed E-state index contributed by atoms with van der Waals surface area (Å²) in [6.45, 7) is 1.46. The van der Waals surface area contributed by atoms with Crippen molar-refractivity contribution in [3.05, 3.63) is 52.0 Å². The molecule has 5 rings (SSSR count). The van der Waals surface area contributed by atoms with Gasteiger partial charge in [-0.2, -0.15) is 0 Å². The summed E-state index contributed by atoms with van der Waals surface area (Å²) in [7, 11) is 0. The Hall–Kier alpha value is -2.74. The van der Waals surface area contributed by atoms with Crippen LogP contribution in [-0.2, 0) is 16.9 Å². The van der Waals surface area contributed by atoms with E-state index >= 15 is 0 Å². The van der Waals surface area contributed by atoms with Crippen molar-refractivity contribution >= 4 is 27.9 Å². The van der Waals surface area contributed by atoms with Crippen LogP contribution in [0.2, 0.25) is 0 Å². The van der Waals surface area contributed by atoms with Crippen molar-refractivity contribution in [2.45, 2.75) is 18.5 Å². The number of carbonyl (C=O) groups excluding carboxylic acids is 2. The molecule has 3 aliphatic heterocycles. The Kier molecular flexibility index (Phi) is 3.97. The molecule has 0 saturated carbocycles. The van der Waals surface area contributed by atoms with Crippen LogP contribution in [-0.4, -0.2) is 36.7 Å². The fourth-order valence-electron chi connectivity index (χ4n) is 3.91. The van der Waals surface area contributed by atoms with Crippen LogP contribution >= 0.6 is 15.9 Å². The zero-order valence-electron chi connectivity index (χ0n) is 14.9. The van der Waals surface area contributed by atoms with E-state index in [4.69, 9.17) is 14.2 Å². The van der Waals surface area contributed by atoms with E-state index in [1.807, 2.05) is 36.4 Å². The molecule has 28 heavy (non-hydrogen) atoms. The van der Waals surface area contributed by atoms with Crippen molar-refractivity contribution in [1.29, 1.82) is 0 Å². The number of hydrogen-bond donors (Lipinski definition) is 1. The lowest BCUT2D eigenvalue weighted by atomic mass is 9.84. The molecule has 1 atom stereocenters. The summed E-state index contributed by atoms with van der Waals surface area (Å²) < 4.78 is 17.6. The van der Waals surface area contributed by atoms with Crippen molar-refractivity contribution < 1.29 is 23.8 Å². The van der Waals surface area contributed by atoms with Gasteiger partial charge in [-0.25, -0.2) is 4.79 Å². The number of ether oxygens (including phenoxy) is 3. The number of fused-ring (bicyclic) bond motifs is 3. The molecule has 1 N–H and O–H groups in total. The molecule has 0 unspecified atom stereocenters. The summed E-state index contributed by atoms with van der Waals surface area (Å²) in [5.41, 5.74) is 0.389. The number of imide groups is 1. The number of amides is 3. The van der Waals surface area contributed by atoms with Gasteiger partial charge in [-0.15, -0.1) is 0 Å². The summed E-state index contributed by atoms with van der Waals surface area (Å²) in [5, 5.41) is 2.91. The summed E-state index contributed by atoms with van der Waals surface area (Å²) in [5.74, 6) is 1.62. The molecule has 144 valence electrons. The van der Waals surface area contributed by atoms with Gasteiger partial charge in [0.15, 0.2) is 17.0 Å². The van der Waals surface area contributed by atoms with Gasteiger partial charge in [-0.05, 0) is 23.8 Å². The maximum Gasteiger partial charge on any atom is 0.325 e. The van der Waals surface area contributed by atoms with E-state index in [0.717, 1.165) is 10.0 Å². The summed E-state index contributed by atoms with van der Waals surface area (Å²) >= 11 is 3.51. The SMILES string of the molecule is O=C1N[C@]2(CCOc3ccccc32)C(=O)N1Cc1cc2c(cc1Br)OCCO2. The van der Waals surface area contributed by atoms with Crippen molar-refractivity contribution in [3.63, 3.8) is 0 Å².